The second-order valence-corrected chi connectivity index (χ2v) is 6.26. The van der Waals surface area contributed by atoms with E-state index in [0.29, 0.717) is 11.1 Å². The van der Waals surface area contributed by atoms with Gasteiger partial charge in [0.1, 0.15) is 5.82 Å². The van der Waals surface area contributed by atoms with Crippen molar-refractivity contribution < 1.29 is 17.5 Å². The Labute approximate surface area is 118 Å². The van der Waals surface area contributed by atoms with Gasteiger partial charge in [-0.2, -0.15) is 0 Å². The highest BCUT2D eigenvalue weighted by Crippen LogP contribution is 2.21. The molecule has 0 heterocycles. The fourth-order valence-electron chi connectivity index (χ4n) is 1.91. The average Bonchev–Trinajstić information content (AvgIpc) is 2.25. The maximum Gasteiger partial charge on any atom is 0.241 e. The van der Waals surface area contributed by atoms with Crippen LogP contribution in [-0.2, 0) is 14.8 Å². The number of ether oxygens (including phenoxy) is 1. The van der Waals surface area contributed by atoms with E-state index in [1.165, 1.54) is 19.2 Å². The fourth-order valence-corrected chi connectivity index (χ4v) is 3.84. The summed E-state index contributed by atoms with van der Waals surface area (Å²) >= 11 is 5.68. The molecule has 19 heavy (non-hydrogen) atoms. The molecule has 0 aromatic heterocycles. The van der Waals surface area contributed by atoms with Crippen LogP contribution in [0.15, 0.2) is 17.0 Å². The van der Waals surface area contributed by atoms with Gasteiger partial charge in [-0.05, 0) is 37.1 Å². The lowest BCUT2D eigenvalue weighted by Crippen LogP contribution is -2.39. The molecule has 0 saturated heterocycles. The zero-order chi connectivity index (χ0) is 14.6. The minimum Gasteiger partial charge on any atom is -0.383 e. The molecule has 0 aliphatic heterocycles. The molecule has 0 aliphatic rings. The third-order valence-corrected chi connectivity index (χ3v) is 4.77. The van der Waals surface area contributed by atoms with E-state index >= 15 is 0 Å². The highest BCUT2D eigenvalue weighted by molar-refractivity contribution is 7.89. The predicted molar refractivity (Wildman–Crippen MR) is 72.6 cm³/mol. The van der Waals surface area contributed by atoms with Crippen molar-refractivity contribution in [3.8, 4) is 0 Å². The molecule has 0 bridgehead atoms. The van der Waals surface area contributed by atoms with Crippen molar-refractivity contribution in [2.45, 2.75) is 24.8 Å². The number of rotatable bonds is 6. The van der Waals surface area contributed by atoms with Crippen molar-refractivity contribution in [3.63, 3.8) is 0 Å². The first-order chi connectivity index (χ1) is 8.81. The largest absolute Gasteiger partial charge is 0.383 e. The van der Waals surface area contributed by atoms with Crippen LogP contribution in [0.1, 0.15) is 11.1 Å². The lowest BCUT2D eigenvalue weighted by Gasteiger charge is -2.17. The minimum atomic E-state index is -3.75. The molecule has 0 aliphatic carbocycles. The fraction of sp³-hybridized carbons (Fsp3) is 0.500. The van der Waals surface area contributed by atoms with Crippen LogP contribution >= 0.6 is 11.6 Å². The highest BCUT2D eigenvalue weighted by Gasteiger charge is 2.23. The van der Waals surface area contributed by atoms with E-state index < -0.39 is 21.9 Å². The molecule has 0 saturated carbocycles. The van der Waals surface area contributed by atoms with Crippen molar-refractivity contribution in [2.75, 3.05) is 19.6 Å². The van der Waals surface area contributed by atoms with Gasteiger partial charge in [-0.25, -0.2) is 17.5 Å². The van der Waals surface area contributed by atoms with Crippen LogP contribution in [0.2, 0.25) is 0 Å². The topological polar surface area (TPSA) is 55.4 Å². The summed E-state index contributed by atoms with van der Waals surface area (Å²) in [6, 6.07) is 1.85. The van der Waals surface area contributed by atoms with Gasteiger partial charge >= 0.3 is 0 Å². The van der Waals surface area contributed by atoms with Crippen LogP contribution in [0.25, 0.3) is 0 Å². The Morgan fingerprint density at radius 3 is 2.32 bits per heavy atom. The van der Waals surface area contributed by atoms with E-state index in [-0.39, 0.29) is 17.4 Å². The summed E-state index contributed by atoms with van der Waals surface area (Å²) in [5.74, 6) is -0.369. The third-order valence-electron chi connectivity index (χ3n) is 2.57. The number of benzene rings is 1. The lowest BCUT2D eigenvalue weighted by molar-refractivity contribution is 0.181. The molecule has 1 rings (SSSR count). The molecule has 0 radical (unpaired) electrons. The second kappa shape index (κ2) is 6.65. The Balaban J connectivity index is 3.14. The van der Waals surface area contributed by atoms with E-state index in [4.69, 9.17) is 16.3 Å². The number of nitrogens with one attached hydrogen (secondary N) is 1. The number of aryl methyl sites for hydroxylation is 2. The summed E-state index contributed by atoms with van der Waals surface area (Å²) in [5.41, 5.74) is 0.714. The number of methoxy groups -OCH3 is 1. The number of alkyl halides is 1. The molecular weight excluding hydrogens is 293 g/mol. The summed E-state index contributed by atoms with van der Waals surface area (Å²) in [5, 5.41) is 0. The first-order valence-electron chi connectivity index (χ1n) is 5.65. The van der Waals surface area contributed by atoms with E-state index in [1.807, 2.05) is 0 Å². The van der Waals surface area contributed by atoms with Gasteiger partial charge in [-0.1, -0.05) is 0 Å². The minimum absolute atomic E-state index is 0.0834. The molecule has 1 N–H and O–H groups in total. The normalized spacial score (nSPS) is 13.5. The van der Waals surface area contributed by atoms with Gasteiger partial charge in [0.05, 0.1) is 17.5 Å². The predicted octanol–water partition coefficient (Wildman–Crippen LogP) is 1.97. The number of hydrogen-bond acceptors (Lipinski definition) is 3. The smallest absolute Gasteiger partial charge is 0.241 e. The van der Waals surface area contributed by atoms with Gasteiger partial charge in [0.15, 0.2) is 0 Å². The maximum absolute atomic E-state index is 13.2. The van der Waals surface area contributed by atoms with Gasteiger partial charge in [0, 0.05) is 13.0 Å². The molecular formula is C12H17ClFNO3S. The zero-order valence-electron chi connectivity index (χ0n) is 11.0. The second-order valence-electron chi connectivity index (χ2n) is 4.30. The number of halogens is 2. The van der Waals surface area contributed by atoms with Crippen LogP contribution in [0.5, 0.6) is 0 Å². The van der Waals surface area contributed by atoms with Gasteiger partial charge in [0.25, 0.3) is 0 Å². The van der Waals surface area contributed by atoms with Gasteiger partial charge < -0.3 is 4.74 Å². The zero-order valence-corrected chi connectivity index (χ0v) is 12.6. The summed E-state index contributed by atoms with van der Waals surface area (Å²) in [7, 11) is -2.29. The average molecular weight is 310 g/mol. The summed E-state index contributed by atoms with van der Waals surface area (Å²) in [6.45, 7) is 3.27. The molecule has 0 spiro atoms. The van der Waals surface area contributed by atoms with Gasteiger partial charge in [-0.15, -0.1) is 11.6 Å². The molecule has 4 nitrogen and oxygen atoms in total. The highest BCUT2D eigenvalue weighted by atomic mass is 35.5. The quantitative estimate of drug-likeness (QED) is 0.818. The summed E-state index contributed by atoms with van der Waals surface area (Å²) in [4.78, 5) is 0.0834. The molecule has 7 heteroatoms. The van der Waals surface area contributed by atoms with Crippen LogP contribution in [0.4, 0.5) is 4.39 Å². The van der Waals surface area contributed by atoms with Gasteiger partial charge in [-0.3, -0.25) is 0 Å². The molecule has 1 aromatic rings. The van der Waals surface area contributed by atoms with Gasteiger partial charge in [0.2, 0.25) is 10.0 Å². The SMILES string of the molecule is COCC(CCl)NS(=O)(=O)c1c(C)cc(F)cc1C. The van der Waals surface area contributed by atoms with Crippen molar-refractivity contribution >= 4 is 21.6 Å². The number of hydrogen-bond donors (Lipinski definition) is 1. The molecule has 0 fully saturated rings. The summed E-state index contributed by atoms with van der Waals surface area (Å²) in [6.07, 6.45) is 0. The monoisotopic (exact) mass is 309 g/mol. The van der Waals surface area contributed by atoms with Crippen LogP contribution in [-0.4, -0.2) is 34.1 Å². The Morgan fingerprint density at radius 1 is 1.37 bits per heavy atom. The van der Waals surface area contributed by atoms with Crippen molar-refractivity contribution in [1.29, 1.82) is 0 Å². The molecule has 108 valence electrons. The Kier molecular flexibility index (Phi) is 5.73. The maximum atomic E-state index is 13.2. The Hall–Kier alpha value is -0.690. The van der Waals surface area contributed by atoms with Crippen molar-refractivity contribution in [1.82, 2.24) is 4.72 Å². The van der Waals surface area contributed by atoms with E-state index in [2.05, 4.69) is 4.72 Å². The Morgan fingerprint density at radius 2 is 1.89 bits per heavy atom. The number of sulfonamides is 1. The molecule has 1 atom stereocenters. The van der Waals surface area contributed by atoms with Crippen LogP contribution < -0.4 is 4.72 Å². The Bertz CT molecular complexity index is 525. The van der Waals surface area contributed by atoms with Crippen LogP contribution in [0.3, 0.4) is 0 Å². The molecule has 1 unspecified atom stereocenters. The standard InChI is InChI=1S/C12H17ClFNO3S/c1-8-4-10(14)5-9(2)12(8)19(16,17)15-11(6-13)7-18-3/h4-5,11,15H,6-7H2,1-3H3. The van der Waals surface area contributed by atoms with E-state index in [9.17, 15) is 12.8 Å². The van der Waals surface area contributed by atoms with Crippen molar-refractivity contribution in [2.24, 2.45) is 0 Å². The summed E-state index contributed by atoms with van der Waals surface area (Å²) < 4.78 is 45.1. The van der Waals surface area contributed by atoms with Crippen molar-refractivity contribution in [3.05, 3.63) is 29.1 Å². The van der Waals surface area contributed by atoms with Crippen LogP contribution in [0, 0.1) is 19.7 Å². The molecule has 1 aromatic carbocycles. The first kappa shape index (κ1) is 16.4. The molecule has 0 amide bonds. The lowest BCUT2D eigenvalue weighted by atomic mass is 10.1. The third kappa shape index (κ3) is 4.14. The van der Waals surface area contributed by atoms with E-state index in [0.717, 1.165) is 0 Å². The first-order valence-corrected chi connectivity index (χ1v) is 7.67. The van der Waals surface area contributed by atoms with E-state index in [1.54, 1.807) is 13.8 Å².